The first kappa shape index (κ1) is 7.56. The van der Waals surface area contributed by atoms with Gasteiger partial charge in [0.2, 0.25) is 0 Å². The Bertz CT molecular complexity index is 132. The van der Waals surface area contributed by atoms with Gasteiger partial charge in [-0.2, -0.15) is 0 Å². The number of nitrogens with one attached hydrogen (secondary N) is 1. The molecule has 2 nitrogen and oxygen atoms in total. The van der Waals surface area contributed by atoms with E-state index in [0.29, 0.717) is 18.6 Å². The van der Waals surface area contributed by atoms with E-state index in [1.165, 1.54) is 19.3 Å². The highest BCUT2D eigenvalue weighted by atomic mass is 16.3. The summed E-state index contributed by atoms with van der Waals surface area (Å²) in [5.41, 5.74) is 0. The van der Waals surface area contributed by atoms with Crippen molar-refractivity contribution in [1.82, 2.24) is 5.32 Å². The Balaban J connectivity index is 2.08. The Kier molecular flexibility index (Phi) is 1.90. The molecular weight excluding hydrogens is 138 g/mol. The van der Waals surface area contributed by atoms with Gasteiger partial charge in [-0.1, -0.05) is 0 Å². The SMILES string of the molecule is CNC1C2CCC(C2)C1CO. The lowest BCUT2D eigenvalue weighted by atomic mass is 9.85. The van der Waals surface area contributed by atoms with Crippen LogP contribution in [0.5, 0.6) is 0 Å². The highest BCUT2D eigenvalue weighted by molar-refractivity contribution is 4.99. The fourth-order valence-corrected chi connectivity index (χ4v) is 3.12. The van der Waals surface area contributed by atoms with Gasteiger partial charge in [0.1, 0.15) is 0 Å². The molecule has 2 saturated carbocycles. The lowest BCUT2D eigenvalue weighted by molar-refractivity contribution is 0.147. The first-order valence-electron chi connectivity index (χ1n) is 4.65. The number of fused-ring (bicyclic) bond motifs is 2. The molecule has 0 aromatic rings. The van der Waals surface area contributed by atoms with Gasteiger partial charge in [-0.05, 0) is 38.1 Å². The number of hydrogen-bond donors (Lipinski definition) is 2. The zero-order chi connectivity index (χ0) is 7.84. The summed E-state index contributed by atoms with van der Waals surface area (Å²) in [5, 5.41) is 12.5. The zero-order valence-corrected chi connectivity index (χ0v) is 7.09. The molecule has 0 heterocycles. The Morgan fingerprint density at radius 2 is 2.09 bits per heavy atom. The molecule has 0 aliphatic heterocycles. The monoisotopic (exact) mass is 155 g/mol. The summed E-state index contributed by atoms with van der Waals surface area (Å²) in [5.74, 6) is 2.24. The summed E-state index contributed by atoms with van der Waals surface area (Å²) in [6.45, 7) is 0.382. The maximum Gasteiger partial charge on any atom is 0.0476 e. The smallest absolute Gasteiger partial charge is 0.0476 e. The van der Waals surface area contributed by atoms with Crippen LogP contribution in [0.3, 0.4) is 0 Å². The molecular formula is C9H17NO. The molecule has 4 atom stereocenters. The number of aliphatic hydroxyl groups excluding tert-OH is 1. The highest BCUT2D eigenvalue weighted by Crippen LogP contribution is 2.47. The highest BCUT2D eigenvalue weighted by Gasteiger charge is 2.46. The normalized spacial score (nSPS) is 48.5. The second kappa shape index (κ2) is 2.76. The van der Waals surface area contributed by atoms with Gasteiger partial charge < -0.3 is 10.4 Å². The molecule has 2 heteroatoms. The number of rotatable bonds is 2. The predicted molar refractivity (Wildman–Crippen MR) is 44.3 cm³/mol. The van der Waals surface area contributed by atoms with Crippen LogP contribution in [0.1, 0.15) is 19.3 Å². The molecule has 0 aromatic heterocycles. The third-order valence-corrected chi connectivity index (χ3v) is 3.63. The van der Waals surface area contributed by atoms with Crippen molar-refractivity contribution in [2.24, 2.45) is 17.8 Å². The van der Waals surface area contributed by atoms with Crippen LogP contribution in [0.25, 0.3) is 0 Å². The molecule has 0 aromatic carbocycles. The second-order valence-electron chi connectivity index (χ2n) is 3.99. The van der Waals surface area contributed by atoms with Crippen molar-refractivity contribution in [1.29, 1.82) is 0 Å². The van der Waals surface area contributed by atoms with E-state index >= 15 is 0 Å². The molecule has 2 aliphatic carbocycles. The Morgan fingerprint density at radius 1 is 1.36 bits per heavy atom. The Labute approximate surface area is 68.0 Å². The van der Waals surface area contributed by atoms with Crippen LogP contribution >= 0.6 is 0 Å². The Hall–Kier alpha value is -0.0800. The lowest BCUT2D eigenvalue weighted by Crippen LogP contribution is -2.40. The van der Waals surface area contributed by atoms with Crippen molar-refractivity contribution < 1.29 is 5.11 Å². The molecule has 0 spiro atoms. The molecule has 2 N–H and O–H groups in total. The van der Waals surface area contributed by atoms with Gasteiger partial charge in [-0.15, -0.1) is 0 Å². The molecule has 0 radical (unpaired) electrons. The van der Waals surface area contributed by atoms with Crippen LogP contribution in [-0.4, -0.2) is 24.8 Å². The number of hydrogen-bond acceptors (Lipinski definition) is 2. The van der Waals surface area contributed by atoms with Crippen LogP contribution < -0.4 is 5.32 Å². The summed E-state index contributed by atoms with van der Waals surface area (Å²) in [4.78, 5) is 0. The Morgan fingerprint density at radius 3 is 2.64 bits per heavy atom. The van der Waals surface area contributed by atoms with Gasteiger partial charge in [-0.25, -0.2) is 0 Å². The summed E-state index contributed by atoms with van der Waals surface area (Å²) >= 11 is 0. The maximum absolute atomic E-state index is 9.15. The standard InChI is InChI=1S/C9H17NO/c1-10-9-7-3-2-6(4-7)8(9)5-11/h6-11H,2-5H2,1H3. The average molecular weight is 155 g/mol. The van der Waals surface area contributed by atoms with E-state index in [1.807, 2.05) is 7.05 Å². The van der Waals surface area contributed by atoms with E-state index in [-0.39, 0.29) is 0 Å². The molecule has 2 aliphatic rings. The summed E-state index contributed by atoms with van der Waals surface area (Å²) < 4.78 is 0. The maximum atomic E-state index is 9.15. The van der Waals surface area contributed by atoms with E-state index < -0.39 is 0 Å². The topological polar surface area (TPSA) is 32.3 Å². The molecule has 0 amide bonds. The van der Waals surface area contributed by atoms with Gasteiger partial charge in [0.15, 0.2) is 0 Å². The van der Waals surface area contributed by atoms with E-state index in [4.69, 9.17) is 5.11 Å². The third kappa shape index (κ3) is 1.00. The van der Waals surface area contributed by atoms with Crippen LogP contribution in [0.2, 0.25) is 0 Å². The molecule has 4 unspecified atom stereocenters. The van der Waals surface area contributed by atoms with Crippen molar-refractivity contribution in [2.75, 3.05) is 13.7 Å². The van der Waals surface area contributed by atoms with Crippen LogP contribution in [-0.2, 0) is 0 Å². The fraction of sp³-hybridized carbons (Fsp3) is 1.00. The number of aliphatic hydroxyl groups is 1. The van der Waals surface area contributed by atoms with Gasteiger partial charge in [0, 0.05) is 18.6 Å². The molecule has 2 rings (SSSR count). The van der Waals surface area contributed by atoms with E-state index in [0.717, 1.165) is 11.8 Å². The minimum atomic E-state index is 0.382. The largest absolute Gasteiger partial charge is 0.396 e. The van der Waals surface area contributed by atoms with Crippen molar-refractivity contribution in [3.63, 3.8) is 0 Å². The lowest BCUT2D eigenvalue weighted by Gasteiger charge is -2.29. The average Bonchev–Trinajstić information content (AvgIpc) is 2.60. The van der Waals surface area contributed by atoms with Gasteiger partial charge >= 0.3 is 0 Å². The molecule has 2 bridgehead atoms. The summed E-state index contributed by atoms with van der Waals surface area (Å²) in [6.07, 6.45) is 4.09. The van der Waals surface area contributed by atoms with E-state index in [9.17, 15) is 0 Å². The summed E-state index contributed by atoms with van der Waals surface area (Å²) in [6, 6.07) is 0.610. The fourth-order valence-electron chi connectivity index (χ4n) is 3.12. The van der Waals surface area contributed by atoms with Gasteiger partial charge in [0.05, 0.1) is 0 Å². The predicted octanol–water partition coefficient (Wildman–Crippen LogP) is 0.613. The van der Waals surface area contributed by atoms with Crippen molar-refractivity contribution in [3.8, 4) is 0 Å². The van der Waals surface area contributed by atoms with Crippen LogP contribution in [0.4, 0.5) is 0 Å². The quantitative estimate of drug-likeness (QED) is 0.612. The summed E-state index contributed by atoms with van der Waals surface area (Å²) in [7, 11) is 2.02. The molecule has 2 fully saturated rings. The second-order valence-corrected chi connectivity index (χ2v) is 3.99. The van der Waals surface area contributed by atoms with Crippen LogP contribution in [0, 0.1) is 17.8 Å². The first-order valence-corrected chi connectivity index (χ1v) is 4.65. The van der Waals surface area contributed by atoms with Gasteiger partial charge in [0.25, 0.3) is 0 Å². The molecule has 11 heavy (non-hydrogen) atoms. The van der Waals surface area contributed by atoms with E-state index in [1.54, 1.807) is 0 Å². The minimum absolute atomic E-state index is 0.382. The van der Waals surface area contributed by atoms with E-state index in [2.05, 4.69) is 5.32 Å². The molecule has 64 valence electrons. The van der Waals surface area contributed by atoms with Gasteiger partial charge in [-0.3, -0.25) is 0 Å². The molecule has 0 saturated heterocycles. The minimum Gasteiger partial charge on any atom is -0.396 e. The first-order chi connectivity index (χ1) is 5.36. The third-order valence-electron chi connectivity index (χ3n) is 3.63. The van der Waals surface area contributed by atoms with Crippen molar-refractivity contribution >= 4 is 0 Å². The van der Waals surface area contributed by atoms with Crippen molar-refractivity contribution in [3.05, 3.63) is 0 Å². The zero-order valence-electron chi connectivity index (χ0n) is 7.09. The van der Waals surface area contributed by atoms with Crippen molar-refractivity contribution in [2.45, 2.75) is 25.3 Å². The van der Waals surface area contributed by atoms with Crippen LogP contribution in [0.15, 0.2) is 0 Å².